The number of aromatic amines is 1. The summed E-state index contributed by atoms with van der Waals surface area (Å²) in [4.78, 5) is 0. The predicted molar refractivity (Wildman–Crippen MR) is 58.9 cm³/mol. The summed E-state index contributed by atoms with van der Waals surface area (Å²) in [5.41, 5.74) is 1.74. The molecule has 0 bridgehead atoms. The molecule has 6 heteroatoms. The molecule has 1 N–H and O–H groups in total. The molecular formula is C11H8FN5. The number of benzene rings is 1. The van der Waals surface area contributed by atoms with Gasteiger partial charge in [0.05, 0.1) is 6.20 Å². The molecular weight excluding hydrogens is 221 g/mol. The molecule has 3 rings (SSSR count). The Labute approximate surface area is 95.9 Å². The van der Waals surface area contributed by atoms with Crippen LogP contribution in [0.5, 0.6) is 0 Å². The maximum absolute atomic E-state index is 12.9. The van der Waals surface area contributed by atoms with Gasteiger partial charge in [0.1, 0.15) is 24.3 Å². The van der Waals surface area contributed by atoms with E-state index in [9.17, 15) is 4.39 Å². The Bertz CT molecular complexity index is 612. The van der Waals surface area contributed by atoms with E-state index in [1.165, 1.54) is 12.1 Å². The molecule has 0 aliphatic carbocycles. The van der Waals surface area contributed by atoms with E-state index >= 15 is 0 Å². The molecule has 0 unspecified atom stereocenters. The standard InChI is InChI=1S/C11H8FN5/c12-9-3-1-8(2-4-9)10-5-13-16-11(10)17-6-14-15-7-17/h1-7H,(H,13,16). The highest BCUT2D eigenvalue weighted by atomic mass is 19.1. The number of halogens is 1. The fourth-order valence-corrected chi connectivity index (χ4v) is 1.63. The van der Waals surface area contributed by atoms with Crippen molar-refractivity contribution in [3.05, 3.63) is 48.9 Å². The average Bonchev–Trinajstić information content (AvgIpc) is 3.00. The highest BCUT2D eigenvalue weighted by Crippen LogP contribution is 2.24. The molecule has 84 valence electrons. The minimum atomic E-state index is -0.261. The third kappa shape index (κ3) is 1.69. The maximum atomic E-state index is 12.9. The van der Waals surface area contributed by atoms with Crippen LogP contribution in [0.2, 0.25) is 0 Å². The molecule has 1 aromatic carbocycles. The highest BCUT2D eigenvalue weighted by Gasteiger charge is 2.09. The Balaban J connectivity index is 2.10. The lowest BCUT2D eigenvalue weighted by molar-refractivity contribution is 0.628. The first-order chi connectivity index (χ1) is 8.34. The van der Waals surface area contributed by atoms with E-state index < -0.39 is 0 Å². The van der Waals surface area contributed by atoms with Crippen molar-refractivity contribution in [2.45, 2.75) is 0 Å². The van der Waals surface area contributed by atoms with Crippen molar-refractivity contribution < 1.29 is 4.39 Å². The Morgan fingerprint density at radius 3 is 2.47 bits per heavy atom. The van der Waals surface area contributed by atoms with Crippen molar-refractivity contribution in [3.8, 4) is 16.9 Å². The van der Waals surface area contributed by atoms with Crippen molar-refractivity contribution in [1.82, 2.24) is 25.0 Å². The van der Waals surface area contributed by atoms with Crippen molar-refractivity contribution in [3.63, 3.8) is 0 Å². The SMILES string of the molecule is Fc1ccc(-c2cn[nH]c2-n2cnnc2)cc1. The lowest BCUT2D eigenvalue weighted by Crippen LogP contribution is -1.93. The van der Waals surface area contributed by atoms with E-state index in [0.29, 0.717) is 0 Å². The van der Waals surface area contributed by atoms with Gasteiger partial charge in [-0.3, -0.25) is 9.67 Å². The Kier molecular flexibility index (Phi) is 2.18. The summed E-state index contributed by atoms with van der Waals surface area (Å²) < 4.78 is 14.6. The van der Waals surface area contributed by atoms with Crippen LogP contribution in [0.1, 0.15) is 0 Å². The summed E-state index contributed by atoms with van der Waals surface area (Å²) >= 11 is 0. The average molecular weight is 229 g/mol. The minimum Gasteiger partial charge on any atom is -0.272 e. The molecule has 2 heterocycles. The summed E-state index contributed by atoms with van der Waals surface area (Å²) in [6.45, 7) is 0. The summed E-state index contributed by atoms with van der Waals surface area (Å²) in [7, 11) is 0. The molecule has 5 nitrogen and oxygen atoms in total. The van der Waals surface area contributed by atoms with Gasteiger partial charge in [-0.1, -0.05) is 12.1 Å². The zero-order valence-corrected chi connectivity index (χ0v) is 8.71. The number of nitrogens with one attached hydrogen (secondary N) is 1. The number of hydrogen-bond acceptors (Lipinski definition) is 3. The molecule has 0 saturated heterocycles. The molecule has 0 atom stereocenters. The molecule has 0 amide bonds. The van der Waals surface area contributed by atoms with Crippen LogP contribution in [0.4, 0.5) is 4.39 Å². The van der Waals surface area contributed by atoms with E-state index in [4.69, 9.17) is 0 Å². The molecule has 0 aliphatic heterocycles. The lowest BCUT2D eigenvalue weighted by atomic mass is 10.1. The lowest BCUT2D eigenvalue weighted by Gasteiger charge is -2.02. The second kappa shape index (κ2) is 3.82. The van der Waals surface area contributed by atoms with Gasteiger partial charge < -0.3 is 0 Å². The third-order valence-corrected chi connectivity index (χ3v) is 2.45. The van der Waals surface area contributed by atoms with Crippen molar-refractivity contribution in [2.24, 2.45) is 0 Å². The molecule has 2 aromatic heterocycles. The monoisotopic (exact) mass is 229 g/mol. The first-order valence-electron chi connectivity index (χ1n) is 4.99. The number of hydrogen-bond donors (Lipinski definition) is 1. The fourth-order valence-electron chi connectivity index (χ4n) is 1.63. The summed E-state index contributed by atoms with van der Waals surface area (Å²) in [6.07, 6.45) is 4.82. The molecule has 0 saturated carbocycles. The van der Waals surface area contributed by atoms with Gasteiger partial charge in [0, 0.05) is 5.56 Å². The van der Waals surface area contributed by atoms with Crippen molar-refractivity contribution in [2.75, 3.05) is 0 Å². The van der Waals surface area contributed by atoms with Gasteiger partial charge in [-0.25, -0.2) is 4.39 Å². The third-order valence-electron chi connectivity index (χ3n) is 2.45. The smallest absolute Gasteiger partial charge is 0.142 e. The molecule has 0 spiro atoms. The van der Waals surface area contributed by atoms with E-state index in [1.807, 2.05) is 0 Å². The Morgan fingerprint density at radius 2 is 1.76 bits per heavy atom. The van der Waals surface area contributed by atoms with Crippen LogP contribution in [-0.2, 0) is 0 Å². The van der Waals surface area contributed by atoms with Crippen LogP contribution >= 0.6 is 0 Å². The van der Waals surface area contributed by atoms with Gasteiger partial charge in [0.25, 0.3) is 0 Å². The van der Waals surface area contributed by atoms with Gasteiger partial charge in [-0.15, -0.1) is 10.2 Å². The van der Waals surface area contributed by atoms with Crippen LogP contribution in [0, 0.1) is 5.82 Å². The van der Waals surface area contributed by atoms with E-state index in [0.717, 1.165) is 16.9 Å². The summed E-state index contributed by atoms with van der Waals surface area (Å²) in [5, 5.41) is 14.3. The minimum absolute atomic E-state index is 0.261. The second-order valence-electron chi connectivity index (χ2n) is 3.51. The normalized spacial score (nSPS) is 10.6. The fraction of sp³-hybridized carbons (Fsp3) is 0. The van der Waals surface area contributed by atoms with Crippen LogP contribution in [0.25, 0.3) is 16.9 Å². The predicted octanol–water partition coefficient (Wildman–Crippen LogP) is 1.80. The Hall–Kier alpha value is -2.50. The largest absolute Gasteiger partial charge is 0.272 e. The topological polar surface area (TPSA) is 59.4 Å². The molecule has 3 aromatic rings. The van der Waals surface area contributed by atoms with E-state index in [1.54, 1.807) is 35.6 Å². The van der Waals surface area contributed by atoms with Gasteiger partial charge in [0.2, 0.25) is 0 Å². The van der Waals surface area contributed by atoms with Crippen LogP contribution in [0.3, 0.4) is 0 Å². The van der Waals surface area contributed by atoms with Gasteiger partial charge in [-0.05, 0) is 17.7 Å². The van der Waals surface area contributed by atoms with Gasteiger partial charge in [-0.2, -0.15) is 5.10 Å². The first kappa shape index (κ1) is 9.71. The summed E-state index contributed by atoms with van der Waals surface area (Å²) in [6, 6.07) is 6.23. The van der Waals surface area contributed by atoms with Crippen molar-refractivity contribution >= 4 is 0 Å². The number of aromatic nitrogens is 5. The highest BCUT2D eigenvalue weighted by molar-refractivity contribution is 5.69. The molecule has 0 radical (unpaired) electrons. The van der Waals surface area contributed by atoms with E-state index in [2.05, 4.69) is 20.4 Å². The number of nitrogens with zero attached hydrogens (tertiary/aromatic N) is 4. The second-order valence-corrected chi connectivity index (χ2v) is 3.51. The summed E-state index contributed by atoms with van der Waals surface area (Å²) in [5.74, 6) is 0.490. The molecule has 0 fully saturated rings. The molecule has 17 heavy (non-hydrogen) atoms. The van der Waals surface area contributed by atoms with E-state index in [-0.39, 0.29) is 5.82 Å². The zero-order valence-electron chi connectivity index (χ0n) is 8.71. The van der Waals surface area contributed by atoms with Crippen LogP contribution in [0.15, 0.2) is 43.1 Å². The Morgan fingerprint density at radius 1 is 1.06 bits per heavy atom. The first-order valence-corrected chi connectivity index (χ1v) is 4.99. The van der Waals surface area contributed by atoms with Gasteiger partial charge >= 0.3 is 0 Å². The van der Waals surface area contributed by atoms with Gasteiger partial charge in [0.15, 0.2) is 0 Å². The molecule has 0 aliphatic rings. The quantitative estimate of drug-likeness (QED) is 0.728. The maximum Gasteiger partial charge on any atom is 0.142 e. The number of rotatable bonds is 2. The zero-order chi connectivity index (χ0) is 11.7. The van der Waals surface area contributed by atoms with Crippen LogP contribution < -0.4 is 0 Å². The van der Waals surface area contributed by atoms with Crippen molar-refractivity contribution in [1.29, 1.82) is 0 Å². The number of H-pyrrole nitrogens is 1. The van der Waals surface area contributed by atoms with Crippen LogP contribution in [-0.4, -0.2) is 25.0 Å².